The molecule has 23 heavy (non-hydrogen) atoms. The van der Waals surface area contributed by atoms with Gasteiger partial charge in [0.15, 0.2) is 6.10 Å². The summed E-state index contributed by atoms with van der Waals surface area (Å²) in [5.41, 5.74) is 1.56. The second kappa shape index (κ2) is 5.30. The Kier molecular flexibility index (Phi) is 3.25. The predicted molar refractivity (Wildman–Crippen MR) is 84.2 cm³/mol. The van der Waals surface area contributed by atoms with Gasteiger partial charge in [0.25, 0.3) is 5.91 Å². The maximum absolute atomic E-state index is 12.9. The SMILES string of the molecule is CN1O[C@H]2C(=O)N(c3ccccc3)C(=O)[C@H]2[C@@H]1c1ccccc1. The van der Waals surface area contributed by atoms with Crippen LogP contribution in [0.2, 0.25) is 0 Å². The van der Waals surface area contributed by atoms with Crippen molar-refractivity contribution in [2.24, 2.45) is 5.92 Å². The van der Waals surface area contributed by atoms with Crippen LogP contribution in [-0.2, 0) is 14.4 Å². The molecular weight excluding hydrogens is 292 g/mol. The van der Waals surface area contributed by atoms with E-state index in [1.165, 1.54) is 4.90 Å². The van der Waals surface area contributed by atoms with Gasteiger partial charge in [0.05, 0.1) is 17.6 Å². The summed E-state index contributed by atoms with van der Waals surface area (Å²) in [5, 5.41) is 1.63. The number of hydroxylamine groups is 2. The third-order valence-electron chi connectivity index (χ3n) is 4.46. The zero-order chi connectivity index (χ0) is 16.0. The van der Waals surface area contributed by atoms with Crippen LogP contribution < -0.4 is 4.90 Å². The maximum Gasteiger partial charge on any atom is 0.265 e. The van der Waals surface area contributed by atoms with E-state index in [0.717, 1.165) is 5.56 Å². The number of anilines is 1. The molecule has 5 heteroatoms. The molecule has 4 rings (SSSR count). The molecule has 0 spiro atoms. The van der Waals surface area contributed by atoms with Gasteiger partial charge in [-0.2, -0.15) is 5.06 Å². The number of fused-ring (bicyclic) bond motifs is 1. The second-order valence-electron chi connectivity index (χ2n) is 5.80. The van der Waals surface area contributed by atoms with E-state index in [9.17, 15) is 9.59 Å². The lowest BCUT2D eigenvalue weighted by molar-refractivity contribution is -0.160. The van der Waals surface area contributed by atoms with Crippen LogP contribution in [0.1, 0.15) is 11.6 Å². The molecule has 116 valence electrons. The van der Waals surface area contributed by atoms with Crippen LogP contribution in [0.4, 0.5) is 5.69 Å². The summed E-state index contributed by atoms with van der Waals surface area (Å²) in [6.07, 6.45) is -0.752. The van der Waals surface area contributed by atoms with Crippen molar-refractivity contribution >= 4 is 17.5 Å². The van der Waals surface area contributed by atoms with E-state index < -0.39 is 12.0 Å². The van der Waals surface area contributed by atoms with Crippen molar-refractivity contribution in [1.82, 2.24) is 5.06 Å². The molecule has 0 aromatic heterocycles. The first-order valence-corrected chi connectivity index (χ1v) is 7.56. The van der Waals surface area contributed by atoms with Crippen LogP contribution in [0.25, 0.3) is 0 Å². The van der Waals surface area contributed by atoms with Crippen molar-refractivity contribution in [3.8, 4) is 0 Å². The highest BCUT2D eigenvalue weighted by Gasteiger charge is 2.59. The van der Waals surface area contributed by atoms with Crippen molar-refractivity contribution in [3.05, 3.63) is 66.2 Å². The van der Waals surface area contributed by atoms with E-state index in [1.54, 1.807) is 24.2 Å². The summed E-state index contributed by atoms with van der Waals surface area (Å²) in [6.45, 7) is 0. The minimum absolute atomic E-state index is 0.204. The first-order valence-electron chi connectivity index (χ1n) is 7.56. The van der Waals surface area contributed by atoms with Crippen molar-refractivity contribution in [3.63, 3.8) is 0 Å². The van der Waals surface area contributed by atoms with Gasteiger partial charge in [-0.25, -0.2) is 4.90 Å². The van der Waals surface area contributed by atoms with Gasteiger partial charge in [-0.1, -0.05) is 48.5 Å². The molecule has 2 aromatic carbocycles. The largest absolute Gasteiger partial charge is 0.284 e. The van der Waals surface area contributed by atoms with Crippen LogP contribution in [0, 0.1) is 5.92 Å². The molecule has 5 nitrogen and oxygen atoms in total. The lowest BCUT2D eigenvalue weighted by Crippen LogP contribution is -2.36. The van der Waals surface area contributed by atoms with Crippen LogP contribution in [0.3, 0.4) is 0 Å². The van der Waals surface area contributed by atoms with E-state index in [1.807, 2.05) is 48.5 Å². The van der Waals surface area contributed by atoms with Crippen LogP contribution >= 0.6 is 0 Å². The van der Waals surface area contributed by atoms with E-state index in [-0.39, 0.29) is 17.9 Å². The number of carbonyl (C=O) groups is 2. The van der Waals surface area contributed by atoms with E-state index >= 15 is 0 Å². The third kappa shape index (κ3) is 2.09. The number of hydrogen-bond donors (Lipinski definition) is 0. The number of para-hydroxylation sites is 1. The van der Waals surface area contributed by atoms with Crippen molar-refractivity contribution in [1.29, 1.82) is 0 Å². The smallest absolute Gasteiger partial charge is 0.265 e. The molecule has 2 fully saturated rings. The molecule has 0 bridgehead atoms. The van der Waals surface area contributed by atoms with Crippen LogP contribution in [-0.4, -0.2) is 30.0 Å². The zero-order valence-corrected chi connectivity index (χ0v) is 12.6. The first kappa shape index (κ1) is 14.1. The minimum Gasteiger partial charge on any atom is -0.284 e. The summed E-state index contributed by atoms with van der Waals surface area (Å²) < 4.78 is 0. The monoisotopic (exact) mass is 308 g/mol. The average Bonchev–Trinajstić information content (AvgIpc) is 3.04. The lowest BCUT2D eigenvalue weighted by Gasteiger charge is -2.24. The Labute approximate surface area is 134 Å². The van der Waals surface area contributed by atoms with E-state index in [2.05, 4.69) is 0 Å². The number of nitrogens with zero attached hydrogens (tertiary/aromatic N) is 2. The van der Waals surface area contributed by atoms with Gasteiger partial charge in [-0.3, -0.25) is 14.4 Å². The van der Waals surface area contributed by atoms with Gasteiger partial charge in [0.2, 0.25) is 5.91 Å². The van der Waals surface area contributed by atoms with Gasteiger partial charge in [-0.05, 0) is 17.7 Å². The highest BCUT2D eigenvalue weighted by molar-refractivity contribution is 6.23. The molecule has 2 saturated heterocycles. The van der Waals surface area contributed by atoms with Crippen molar-refractivity contribution in [2.45, 2.75) is 12.1 Å². The van der Waals surface area contributed by atoms with E-state index in [4.69, 9.17) is 4.84 Å². The lowest BCUT2D eigenvalue weighted by atomic mass is 9.91. The molecule has 2 aliphatic rings. The summed E-state index contributed by atoms with van der Waals surface area (Å²) in [4.78, 5) is 32.6. The fourth-order valence-corrected chi connectivity index (χ4v) is 3.45. The highest BCUT2D eigenvalue weighted by Crippen LogP contribution is 2.44. The van der Waals surface area contributed by atoms with Gasteiger partial charge in [-0.15, -0.1) is 0 Å². The zero-order valence-electron chi connectivity index (χ0n) is 12.6. The second-order valence-corrected chi connectivity index (χ2v) is 5.80. The maximum atomic E-state index is 12.9. The Hall–Kier alpha value is -2.50. The third-order valence-corrected chi connectivity index (χ3v) is 4.46. The number of hydrogen-bond acceptors (Lipinski definition) is 4. The molecule has 0 N–H and O–H groups in total. The van der Waals surface area contributed by atoms with Crippen LogP contribution in [0.15, 0.2) is 60.7 Å². The van der Waals surface area contributed by atoms with E-state index in [0.29, 0.717) is 5.69 Å². The highest BCUT2D eigenvalue weighted by atomic mass is 16.7. The number of benzene rings is 2. The predicted octanol–water partition coefficient (Wildman–Crippen LogP) is 2.16. The fourth-order valence-electron chi connectivity index (χ4n) is 3.45. The quantitative estimate of drug-likeness (QED) is 0.798. The molecule has 0 aliphatic carbocycles. The Morgan fingerprint density at radius 2 is 1.48 bits per heavy atom. The normalized spacial score (nSPS) is 27.5. The van der Waals surface area contributed by atoms with Gasteiger partial charge >= 0.3 is 0 Å². The molecular formula is C18H16N2O3. The molecule has 0 radical (unpaired) electrons. The Morgan fingerprint density at radius 1 is 0.870 bits per heavy atom. The van der Waals surface area contributed by atoms with Gasteiger partial charge in [0, 0.05) is 7.05 Å². The summed E-state index contributed by atoms with van der Waals surface area (Å²) in [6, 6.07) is 18.4. The number of rotatable bonds is 2. The molecule has 2 aliphatic heterocycles. The first-order chi connectivity index (χ1) is 11.2. The standard InChI is InChI=1S/C18H16N2O3/c1-19-15(12-8-4-2-5-9-12)14-16(23-19)18(22)20(17(14)21)13-10-6-3-7-11-13/h2-11,14-16H,1H3/t14-,15-,16+/m0/s1. The van der Waals surface area contributed by atoms with Crippen molar-refractivity contribution < 1.29 is 14.4 Å². The van der Waals surface area contributed by atoms with Crippen LogP contribution in [0.5, 0.6) is 0 Å². The van der Waals surface area contributed by atoms with Crippen molar-refractivity contribution in [2.75, 3.05) is 11.9 Å². The van der Waals surface area contributed by atoms with Gasteiger partial charge < -0.3 is 0 Å². The fraction of sp³-hybridized carbons (Fsp3) is 0.222. The minimum atomic E-state index is -0.752. The number of carbonyl (C=O) groups excluding carboxylic acids is 2. The molecule has 0 unspecified atom stereocenters. The Morgan fingerprint density at radius 3 is 2.13 bits per heavy atom. The number of imide groups is 1. The molecule has 0 saturated carbocycles. The van der Waals surface area contributed by atoms with Gasteiger partial charge in [0.1, 0.15) is 0 Å². The number of amides is 2. The topological polar surface area (TPSA) is 49.9 Å². The molecule has 2 heterocycles. The summed E-state index contributed by atoms with van der Waals surface area (Å²) >= 11 is 0. The molecule has 2 amide bonds. The molecule has 2 aromatic rings. The summed E-state index contributed by atoms with van der Waals surface area (Å²) in [7, 11) is 1.77. The Bertz CT molecular complexity index is 747. The summed E-state index contributed by atoms with van der Waals surface area (Å²) in [5.74, 6) is -1.02. The average molecular weight is 308 g/mol. The Balaban J connectivity index is 1.73. The molecule has 3 atom stereocenters.